The molecule has 2 aliphatic rings. The third-order valence-corrected chi connectivity index (χ3v) is 5.85. The van der Waals surface area contributed by atoms with Crippen LogP contribution < -0.4 is 4.90 Å². The number of anilines is 1. The smallest absolute Gasteiger partial charge is 0.266 e. The first-order chi connectivity index (χ1) is 13.9. The predicted octanol–water partition coefficient (Wildman–Crippen LogP) is 2.55. The highest BCUT2D eigenvalue weighted by Crippen LogP contribution is 2.32. The molecule has 0 radical (unpaired) electrons. The lowest BCUT2D eigenvalue weighted by Crippen LogP contribution is -2.47. The van der Waals surface area contributed by atoms with Crippen molar-refractivity contribution in [3.63, 3.8) is 0 Å². The highest BCUT2D eigenvalue weighted by Gasteiger charge is 2.50. The summed E-state index contributed by atoms with van der Waals surface area (Å²) in [4.78, 5) is 38.6. The molecular weight excluding hydrogens is 373 g/mol. The van der Waals surface area contributed by atoms with Crippen molar-refractivity contribution in [2.75, 3.05) is 11.4 Å². The summed E-state index contributed by atoms with van der Waals surface area (Å²) in [5.74, 6) is -1.34. The van der Waals surface area contributed by atoms with Crippen LogP contribution >= 0.6 is 0 Å². The first-order valence-corrected chi connectivity index (χ1v) is 9.82. The van der Waals surface area contributed by atoms with Gasteiger partial charge in [-0.2, -0.15) is 0 Å². The molecule has 2 aromatic carbocycles. The molecule has 1 aliphatic heterocycles. The summed E-state index contributed by atoms with van der Waals surface area (Å²) < 4.78 is 13.3. The van der Waals surface area contributed by atoms with E-state index in [4.69, 9.17) is 0 Å². The van der Waals surface area contributed by atoms with Gasteiger partial charge >= 0.3 is 0 Å². The number of aliphatic hydroxyl groups is 1. The van der Waals surface area contributed by atoms with Crippen LogP contribution in [0.4, 0.5) is 10.1 Å². The molecule has 1 fully saturated rings. The first kappa shape index (κ1) is 19.5. The Kier molecular flexibility index (Phi) is 5.04. The Balaban J connectivity index is 1.47. The van der Waals surface area contributed by atoms with E-state index in [2.05, 4.69) is 0 Å². The molecule has 0 spiro atoms. The Morgan fingerprint density at radius 2 is 1.93 bits per heavy atom. The SMILES string of the molecule is O=C1CCc2cc(N3CC[C@@](O)(C(=O)CCc4cccc(F)c4)C3=O)ccc2C1. The van der Waals surface area contributed by atoms with Crippen LogP contribution in [0.2, 0.25) is 0 Å². The number of Topliss-reactive ketones (excluding diaryl/α,β-unsaturated/α-hetero) is 2. The van der Waals surface area contributed by atoms with Gasteiger partial charge in [-0.3, -0.25) is 14.4 Å². The molecule has 1 amide bonds. The molecule has 0 unspecified atom stereocenters. The van der Waals surface area contributed by atoms with Gasteiger partial charge in [-0.15, -0.1) is 0 Å². The molecule has 150 valence electrons. The van der Waals surface area contributed by atoms with Crippen molar-refractivity contribution in [2.24, 2.45) is 0 Å². The van der Waals surface area contributed by atoms with Gasteiger partial charge in [0.25, 0.3) is 5.91 Å². The topological polar surface area (TPSA) is 74.7 Å². The Morgan fingerprint density at radius 3 is 2.72 bits per heavy atom. The average molecular weight is 395 g/mol. The van der Waals surface area contributed by atoms with Crippen LogP contribution in [0, 0.1) is 5.82 Å². The molecule has 0 saturated carbocycles. The van der Waals surface area contributed by atoms with E-state index in [0.29, 0.717) is 30.5 Å². The number of fused-ring (bicyclic) bond motifs is 1. The zero-order valence-electron chi connectivity index (χ0n) is 16.0. The summed E-state index contributed by atoms with van der Waals surface area (Å²) in [7, 11) is 0. The van der Waals surface area contributed by atoms with Crippen molar-refractivity contribution in [1.29, 1.82) is 0 Å². The number of rotatable bonds is 5. The lowest BCUT2D eigenvalue weighted by molar-refractivity contribution is -0.147. The van der Waals surface area contributed by atoms with Crippen LogP contribution in [0.1, 0.15) is 36.0 Å². The zero-order valence-corrected chi connectivity index (χ0v) is 16.0. The molecule has 0 bridgehead atoms. The summed E-state index contributed by atoms with van der Waals surface area (Å²) in [5.41, 5.74) is 1.24. The molecule has 2 aromatic rings. The number of benzene rings is 2. The van der Waals surface area contributed by atoms with Gasteiger partial charge in [0.2, 0.25) is 5.60 Å². The van der Waals surface area contributed by atoms with Crippen LogP contribution in [0.5, 0.6) is 0 Å². The van der Waals surface area contributed by atoms with Gasteiger partial charge in [0.1, 0.15) is 11.6 Å². The Labute approximate surface area is 168 Å². The van der Waals surface area contributed by atoms with Gasteiger partial charge in [0.15, 0.2) is 5.78 Å². The van der Waals surface area contributed by atoms with Crippen LogP contribution in [0.3, 0.4) is 0 Å². The largest absolute Gasteiger partial charge is 0.373 e. The van der Waals surface area contributed by atoms with E-state index >= 15 is 0 Å². The lowest BCUT2D eigenvalue weighted by Gasteiger charge is -2.23. The van der Waals surface area contributed by atoms with Crippen molar-refractivity contribution < 1.29 is 23.9 Å². The quantitative estimate of drug-likeness (QED) is 0.790. The first-order valence-electron chi connectivity index (χ1n) is 9.82. The summed E-state index contributed by atoms with van der Waals surface area (Å²) in [6.45, 7) is 0.249. The molecule has 1 N–H and O–H groups in total. The minimum atomic E-state index is -2.04. The molecule has 6 heteroatoms. The van der Waals surface area contributed by atoms with Crippen LogP contribution in [-0.2, 0) is 33.6 Å². The number of halogens is 1. The van der Waals surface area contributed by atoms with E-state index in [1.165, 1.54) is 17.0 Å². The second-order valence-corrected chi connectivity index (χ2v) is 7.79. The van der Waals surface area contributed by atoms with Crippen molar-refractivity contribution in [3.8, 4) is 0 Å². The Bertz CT molecular complexity index is 1000. The molecule has 1 aliphatic carbocycles. The van der Waals surface area contributed by atoms with E-state index in [1.807, 2.05) is 12.1 Å². The highest BCUT2D eigenvalue weighted by molar-refractivity contribution is 6.17. The second kappa shape index (κ2) is 7.52. The summed E-state index contributed by atoms with van der Waals surface area (Å²) in [6, 6.07) is 11.4. The molecule has 1 saturated heterocycles. The third kappa shape index (κ3) is 3.72. The van der Waals surface area contributed by atoms with Gasteiger partial charge in [-0.1, -0.05) is 18.2 Å². The van der Waals surface area contributed by atoms with E-state index in [-0.39, 0.29) is 37.4 Å². The summed E-state index contributed by atoms with van der Waals surface area (Å²) in [6.07, 6.45) is 1.80. The standard InChI is InChI=1S/C23H22FNO4/c24-18-3-1-2-15(12-18)4-9-21(27)23(29)10-11-25(22(23)28)19-7-5-17-14-20(26)8-6-16(17)13-19/h1-3,5,7,12-13,29H,4,6,8-11,14H2/t23-/m1/s1. The number of ketones is 2. The monoisotopic (exact) mass is 395 g/mol. The number of hydrogen-bond acceptors (Lipinski definition) is 4. The van der Waals surface area contributed by atoms with Gasteiger partial charge < -0.3 is 10.0 Å². The highest BCUT2D eigenvalue weighted by atomic mass is 19.1. The molecule has 4 rings (SSSR count). The number of aryl methyl sites for hydroxylation is 2. The third-order valence-electron chi connectivity index (χ3n) is 5.85. The van der Waals surface area contributed by atoms with Crippen LogP contribution in [0.15, 0.2) is 42.5 Å². The maximum absolute atomic E-state index is 13.3. The van der Waals surface area contributed by atoms with Gasteiger partial charge in [-0.25, -0.2) is 4.39 Å². The predicted molar refractivity (Wildman–Crippen MR) is 105 cm³/mol. The molecule has 5 nitrogen and oxygen atoms in total. The van der Waals surface area contributed by atoms with Gasteiger partial charge in [-0.05, 0) is 53.8 Å². The maximum Gasteiger partial charge on any atom is 0.266 e. The lowest BCUT2D eigenvalue weighted by atomic mass is 9.90. The second-order valence-electron chi connectivity index (χ2n) is 7.79. The fourth-order valence-electron chi connectivity index (χ4n) is 4.13. The van der Waals surface area contributed by atoms with Crippen LogP contribution in [-0.4, -0.2) is 34.7 Å². The Morgan fingerprint density at radius 1 is 1.10 bits per heavy atom. The van der Waals surface area contributed by atoms with Crippen molar-refractivity contribution >= 4 is 23.2 Å². The average Bonchev–Trinajstić information content (AvgIpc) is 3.02. The van der Waals surface area contributed by atoms with Crippen molar-refractivity contribution in [3.05, 3.63) is 65.0 Å². The minimum Gasteiger partial charge on any atom is -0.373 e. The number of carbonyl (C=O) groups excluding carboxylic acids is 3. The summed E-state index contributed by atoms with van der Waals surface area (Å²) >= 11 is 0. The van der Waals surface area contributed by atoms with E-state index in [0.717, 1.165) is 11.1 Å². The minimum absolute atomic E-state index is 0.0311. The van der Waals surface area contributed by atoms with E-state index < -0.39 is 17.3 Å². The zero-order chi connectivity index (χ0) is 20.6. The fraction of sp³-hybridized carbons (Fsp3) is 0.348. The number of nitrogens with zero attached hydrogens (tertiary/aromatic N) is 1. The maximum atomic E-state index is 13.3. The normalized spacial score (nSPS) is 21.4. The molecule has 0 aromatic heterocycles. The molecule has 1 heterocycles. The Hall–Kier alpha value is -2.86. The van der Waals surface area contributed by atoms with E-state index in [1.54, 1.807) is 18.2 Å². The molecular formula is C23H22FNO4. The number of amides is 1. The van der Waals surface area contributed by atoms with Crippen LogP contribution in [0.25, 0.3) is 0 Å². The molecule has 29 heavy (non-hydrogen) atoms. The van der Waals surface area contributed by atoms with E-state index in [9.17, 15) is 23.9 Å². The van der Waals surface area contributed by atoms with Gasteiger partial charge in [0.05, 0.1) is 0 Å². The van der Waals surface area contributed by atoms with Gasteiger partial charge in [0, 0.05) is 37.9 Å². The summed E-state index contributed by atoms with van der Waals surface area (Å²) in [5, 5.41) is 10.8. The number of carbonyl (C=O) groups is 3. The number of hydrogen-bond donors (Lipinski definition) is 1. The van der Waals surface area contributed by atoms with Crippen molar-refractivity contribution in [1.82, 2.24) is 0 Å². The van der Waals surface area contributed by atoms with Crippen molar-refractivity contribution in [2.45, 2.75) is 44.1 Å². The molecule has 1 atom stereocenters. The fourth-order valence-corrected chi connectivity index (χ4v) is 4.13.